The van der Waals surface area contributed by atoms with Crippen LogP contribution in [-0.2, 0) is 15.9 Å². The lowest BCUT2D eigenvalue weighted by Gasteiger charge is -2.37. The summed E-state index contributed by atoms with van der Waals surface area (Å²) in [5.41, 5.74) is 4.71. The van der Waals surface area contributed by atoms with Crippen LogP contribution in [0.15, 0.2) is 18.2 Å². The quantitative estimate of drug-likeness (QED) is 0.642. The summed E-state index contributed by atoms with van der Waals surface area (Å²) < 4.78 is 5.65. The van der Waals surface area contributed by atoms with Crippen LogP contribution >= 0.6 is 0 Å². The largest absolute Gasteiger partial charge is 0.508 e. The summed E-state index contributed by atoms with van der Waals surface area (Å²) >= 11 is 0. The average molecular weight is 292 g/mol. The summed E-state index contributed by atoms with van der Waals surface area (Å²) in [4.78, 5) is 10.8. The van der Waals surface area contributed by atoms with Gasteiger partial charge >= 0.3 is 7.48 Å². The van der Waals surface area contributed by atoms with E-state index in [1.807, 2.05) is 0 Å². The van der Waals surface area contributed by atoms with Crippen LogP contribution in [0, 0.1) is 0 Å². The van der Waals surface area contributed by atoms with Crippen molar-refractivity contribution in [2.75, 3.05) is 0 Å². The van der Waals surface area contributed by atoms with E-state index >= 15 is 0 Å². The van der Waals surface area contributed by atoms with Crippen molar-refractivity contribution in [1.82, 2.24) is 0 Å². The molecule has 0 heterocycles. The lowest BCUT2D eigenvalue weighted by molar-refractivity contribution is -0.117. The summed E-state index contributed by atoms with van der Waals surface area (Å²) in [5, 5.41) is 19.8. The SMILES string of the molecule is CC(C)(O)C(C)(C)O[B]c1ccc(O)c(CCC(N)=O)c1. The number of aromatic hydroxyl groups is 1. The number of hydrogen-bond acceptors (Lipinski definition) is 4. The number of phenols is 1. The average Bonchev–Trinajstić information content (AvgIpc) is 2.34. The number of primary amides is 1. The maximum Gasteiger partial charge on any atom is 0.330 e. The maximum atomic E-state index is 10.8. The number of rotatable bonds is 7. The van der Waals surface area contributed by atoms with E-state index in [1.165, 1.54) is 7.48 Å². The Balaban J connectivity index is 2.77. The smallest absolute Gasteiger partial charge is 0.330 e. The van der Waals surface area contributed by atoms with Crippen molar-refractivity contribution in [2.45, 2.75) is 51.7 Å². The van der Waals surface area contributed by atoms with Crippen molar-refractivity contribution in [1.29, 1.82) is 0 Å². The van der Waals surface area contributed by atoms with Gasteiger partial charge in [-0.3, -0.25) is 4.79 Å². The molecule has 1 rings (SSSR count). The molecule has 0 fully saturated rings. The van der Waals surface area contributed by atoms with Crippen molar-refractivity contribution in [3.8, 4) is 5.75 Å². The van der Waals surface area contributed by atoms with Gasteiger partial charge in [-0.15, -0.1) is 0 Å². The molecule has 0 aliphatic carbocycles. The Kier molecular flexibility index (Phi) is 5.42. The standard InChI is InChI=1S/C15H23BNO4/c1-14(2,20)15(3,4)21-16-11-6-7-12(18)10(9-11)5-8-13(17)19/h6-7,9,18,20H,5,8H2,1-4H3,(H2,17,19). The number of aliphatic hydroxyl groups is 1. The molecule has 4 N–H and O–H groups in total. The van der Waals surface area contributed by atoms with Crippen LogP contribution in [0.25, 0.3) is 0 Å². The molecule has 6 heteroatoms. The molecule has 0 bridgehead atoms. The second-order valence-corrected chi connectivity index (χ2v) is 6.16. The fourth-order valence-corrected chi connectivity index (χ4v) is 1.50. The fraction of sp³-hybridized carbons (Fsp3) is 0.533. The van der Waals surface area contributed by atoms with Gasteiger partial charge in [0.1, 0.15) is 5.75 Å². The normalized spacial score (nSPS) is 12.2. The van der Waals surface area contributed by atoms with Gasteiger partial charge in [0, 0.05) is 6.42 Å². The Bertz CT molecular complexity index is 509. The molecule has 115 valence electrons. The van der Waals surface area contributed by atoms with Gasteiger partial charge in [-0.2, -0.15) is 0 Å². The van der Waals surface area contributed by atoms with E-state index in [2.05, 4.69) is 0 Å². The van der Waals surface area contributed by atoms with Gasteiger partial charge in [-0.1, -0.05) is 17.6 Å². The highest BCUT2D eigenvalue weighted by Crippen LogP contribution is 2.24. The third kappa shape index (κ3) is 5.06. The Hall–Kier alpha value is -1.53. The first kappa shape index (κ1) is 17.5. The molecule has 5 nitrogen and oxygen atoms in total. The first-order valence-electron chi connectivity index (χ1n) is 6.86. The molecular formula is C15H23BNO4. The van der Waals surface area contributed by atoms with Crippen molar-refractivity contribution in [2.24, 2.45) is 5.73 Å². The number of nitrogens with two attached hydrogens (primary N) is 1. The van der Waals surface area contributed by atoms with Crippen LogP contribution in [-0.4, -0.2) is 34.8 Å². The first-order valence-corrected chi connectivity index (χ1v) is 6.86. The van der Waals surface area contributed by atoms with Crippen molar-refractivity contribution in [3.63, 3.8) is 0 Å². The van der Waals surface area contributed by atoms with Crippen molar-refractivity contribution >= 4 is 18.9 Å². The summed E-state index contributed by atoms with van der Waals surface area (Å²) in [5.74, 6) is -0.293. The molecule has 1 aromatic rings. The first-order chi connectivity index (χ1) is 9.53. The topological polar surface area (TPSA) is 92.8 Å². The molecule has 0 aliphatic heterocycles. The minimum Gasteiger partial charge on any atom is -0.508 e. The molecule has 1 aromatic carbocycles. The van der Waals surface area contributed by atoms with Crippen LogP contribution < -0.4 is 11.2 Å². The number of carbonyl (C=O) groups excluding carboxylic acids is 1. The van der Waals surface area contributed by atoms with Crippen molar-refractivity contribution in [3.05, 3.63) is 23.8 Å². The fourth-order valence-electron chi connectivity index (χ4n) is 1.50. The molecule has 0 unspecified atom stereocenters. The van der Waals surface area contributed by atoms with Crippen molar-refractivity contribution < 1.29 is 19.7 Å². The monoisotopic (exact) mass is 292 g/mol. The van der Waals surface area contributed by atoms with Crippen LogP contribution in [0.2, 0.25) is 0 Å². The number of benzene rings is 1. The Morgan fingerprint density at radius 3 is 2.48 bits per heavy atom. The zero-order chi connectivity index (χ0) is 16.3. The van der Waals surface area contributed by atoms with Gasteiger partial charge in [-0.05, 0) is 45.7 Å². The van der Waals surface area contributed by atoms with Gasteiger partial charge < -0.3 is 20.6 Å². The van der Waals surface area contributed by atoms with E-state index in [1.54, 1.807) is 45.9 Å². The maximum absolute atomic E-state index is 10.8. The predicted octanol–water partition coefficient (Wildman–Crippen LogP) is 0.621. The van der Waals surface area contributed by atoms with E-state index in [0.717, 1.165) is 5.46 Å². The minimum absolute atomic E-state index is 0.121. The number of aryl methyl sites for hydroxylation is 1. The summed E-state index contributed by atoms with van der Waals surface area (Å²) in [6.07, 6.45) is 0.546. The molecule has 0 saturated heterocycles. The van der Waals surface area contributed by atoms with E-state index in [4.69, 9.17) is 10.4 Å². The van der Waals surface area contributed by atoms with E-state index in [-0.39, 0.29) is 12.2 Å². The summed E-state index contributed by atoms with van der Waals surface area (Å²) in [6, 6.07) is 4.98. The van der Waals surface area contributed by atoms with Gasteiger partial charge in [0.15, 0.2) is 0 Å². The highest BCUT2D eigenvalue weighted by molar-refractivity contribution is 6.47. The molecule has 1 amide bonds. The van der Waals surface area contributed by atoms with E-state index in [0.29, 0.717) is 12.0 Å². The zero-order valence-electron chi connectivity index (χ0n) is 13.0. The highest BCUT2D eigenvalue weighted by Gasteiger charge is 2.35. The number of carbonyl (C=O) groups is 1. The van der Waals surface area contributed by atoms with Gasteiger partial charge in [0.25, 0.3) is 0 Å². The molecular weight excluding hydrogens is 269 g/mol. The van der Waals surface area contributed by atoms with Gasteiger partial charge in [0.2, 0.25) is 5.91 Å². The van der Waals surface area contributed by atoms with Crippen LogP contribution in [0.3, 0.4) is 0 Å². The number of hydrogen-bond donors (Lipinski definition) is 3. The van der Waals surface area contributed by atoms with Gasteiger partial charge in [-0.25, -0.2) is 0 Å². The summed E-state index contributed by atoms with van der Waals surface area (Å²) in [6.45, 7) is 6.93. The molecule has 1 radical (unpaired) electrons. The molecule has 21 heavy (non-hydrogen) atoms. The second-order valence-electron chi connectivity index (χ2n) is 6.16. The molecule has 0 atom stereocenters. The zero-order valence-corrected chi connectivity index (χ0v) is 13.0. The summed E-state index contributed by atoms with van der Waals surface area (Å²) in [7, 11) is 1.53. The molecule has 0 aromatic heterocycles. The third-order valence-corrected chi connectivity index (χ3v) is 3.71. The van der Waals surface area contributed by atoms with Crippen LogP contribution in [0.1, 0.15) is 39.7 Å². The second kappa shape index (κ2) is 6.49. The minimum atomic E-state index is -1.00. The lowest BCUT2D eigenvalue weighted by Crippen LogP contribution is -2.49. The predicted molar refractivity (Wildman–Crippen MR) is 82.5 cm³/mol. The highest BCUT2D eigenvalue weighted by atomic mass is 16.5. The number of phenolic OH excluding ortho intramolecular Hbond substituents is 1. The molecule has 0 aliphatic rings. The Morgan fingerprint density at radius 2 is 1.95 bits per heavy atom. The Labute approximate surface area is 126 Å². The third-order valence-electron chi connectivity index (χ3n) is 3.71. The van der Waals surface area contributed by atoms with Crippen LogP contribution in [0.5, 0.6) is 5.75 Å². The molecule has 0 saturated carbocycles. The van der Waals surface area contributed by atoms with E-state index < -0.39 is 17.1 Å². The van der Waals surface area contributed by atoms with Gasteiger partial charge in [0.05, 0.1) is 11.2 Å². The Morgan fingerprint density at radius 1 is 1.33 bits per heavy atom. The lowest BCUT2D eigenvalue weighted by atomic mass is 9.81. The van der Waals surface area contributed by atoms with E-state index in [9.17, 15) is 15.0 Å². The van der Waals surface area contributed by atoms with Crippen LogP contribution in [0.4, 0.5) is 0 Å². The number of amides is 1. The molecule has 0 spiro atoms.